The lowest BCUT2D eigenvalue weighted by molar-refractivity contribution is -0.318. The monoisotopic (exact) mass is 263 g/mol. The summed E-state index contributed by atoms with van der Waals surface area (Å²) >= 11 is 0. The van der Waals surface area contributed by atoms with Gasteiger partial charge in [-0.25, -0.2) is 0 Å². The minimum absolute atomic E-state index is 0.214. The van der Waals surface area contributed by atoms with Crippen molar-refractivity contribution in [3.63, 3.8) is 0 Å². The van der Waals surface area contributed by atoms with E-state index in [0.717, 1.165) is 4.90 Å². The topological polar surface area (TPSA) is 136 Å². The van der Waals surface area contributed by atoms with Crippen LogP contribution in [0.5, 0.6) is 0 Å². The van der Waals surface area contributed by atoms with Gasteiger partial charge in [0.05, 0.1) is 18.1 Å². The number of carbonyl (C=O) groups excluding carboxylic acids is 2. The molecule has 1 aliphatic rings. The lowest BCUT2D eigenvalue weighted by Gasteiger charge is -2.35. The zero-order valence-electron chi connectivity index (χ0n) is 9.12. The van der Waals surface area contributed by atoms with Crippen LogP contribution in [0.4, 0.5) is 0 Å². The average Bonchev–Trinajstić information content (AvgIpc) is 2.61. The van der Waals surface area contributed by atoms with E-state index in [-0.39, 0.29) is 13.0 Å². The van der Waals surface area contributed by atoms with Crippen molar-refractivity contribution < 1.29 is 29.0 Å². The molecule has 1 saturated heterocycles. The van der Waals surface area contributed by atoms with Crippen molar-refractivity contribution in [2.45, 2.75) is 31.8 Å². The molecule has 1 amide bonds. The zero-order chi connectivity index (χ0) is 13.2. The standard InChI is InChI=1S/C8H15N2O6P/c1-5(9-17(14,15)16)7(11)10-4-2-3-6(10)8(12)13/h5-6H,2-4H2,1H3,(H,12,13)(H3,9,14,15,16)/p-3/t5-,6-/m0/s1. The Morgan fingerprint density at radius 2 is 2.06 bits per heavy atom. The highest BCUT2D eigenvalue weighted by atomic mass is 31.2. The summed E-state index contributed by atoms with van der Waals surface area (Å²) in [7, 11) is -5.02. The van der Waals surface area contributed by atoms with E-state index in [1.807, 2.05) is 0 Å². The summed E-state index contributed by atoms with van der Waals surface area (Å²) in [4.78, 5) is 44.3. The Kier molecular flexibility index (Phi) is 4.26. The van der Waals surface area contributed by atoms with Gasteiger partial charge in [0.2, 0.25) is 5.91 Å². The van der Waals surface area contributed by atoms with E-state index in [4.69, 9.17) is 0 Å². The average molecular weight is 263 g/mol. The first-order chi connectivity index (χ1) is 7.72. The van der Waals surface area contributed by atoms with Crippen LogP contribution in [0.25, 0.3) is 0 Å². The molecule has 17 heavy (non-hydrogen) atoms. The van der Waals surface area contributed by atoms with Gasteiger partial charge in [0, 0.05) is 6.54 Å². The number of nitrogens with zero attached hydrogens (tertiary/aromatic N) is 1. The minimum Gasteiger partial charge on any atom is -0.799 e. The van der Waals surface area contributed by atoms with Crippen molar-refractivity contribution in [1.29, 1.82) is 0 Å². The summed E-state index contributed by atoms with van der Waals surface area (Å²) < 4.78 is 10.4. The predicted octanol–water partition coefficient (Wildman–Crippen LogP) is -3.47. The third-order valence-electron chi connectivity index (χ3n) is 2.53. The second-order valence-corrected chi connectivity index (χ2v) is 5.11. The molecular weight excluding hydrogens is 251 g/mol. The maximum atomic E-state index is 11.7. The summed E-state index contributed by atoms with van der Waals surface area (Å²) in [5, 5.41) is 12.3. The van der Waals surface area contributed by atoms with Crippen molar-refractivity contribution in [2.24, 2.45) is 0 Å². The van der Waals surface area contributed by atoms with Crippen LogP contribution in [0, 0.1) is 0 Å². The molecule has 1 heterocycles. The molecule has 1 rings (SSSR count). The van der Waals surface area contributed by atoms with Crippen LogP contribution in [-0.4, -0.2) is 35.4 Å². The highest BCUT2D eigenvalue weighted by molar-refractivity contribution is 7.46. The Labute approximate surface area is 97.8 Å². The Balaban J connectivity index is 2.69. The van der Waals surface area contributed by atoms with Crippen molar-refractivity contribution in [3.05, 3.63) is 0 Å². The molecule has 0 aromatic carbocycles. The van der Waals surface area contributed by atoms with Crippen LogP contribution in [0.15, 0.2) is 0 Å². The van der Waals surface area contributed by atoms with Gasteiger partial charge in [-0.3, -0.25) is 9.88 Å². The number of likely N-dealkylation sites (tertiary alicyclic amines) is 1. The fourth-order valence-electron chi connectivity index (χ4n) is 1.82. The highest BCUT2D eigenvalue weighted by Crippen LogP contribution is 2.21. The van der Waals surface area contributed by atoms with Crippen LogP contribution in [0.3, 0.4) is 0 Å². The quantitative estimate of drug-likeness (QED) is 0.520. The lowest BCUT2D eigenvalue weighted by atomic mass is 10.2. The summed E-state index contributed by atoms with van der Waals surface area (Å²) in [6, 6.07) is -2.32. The predicted molar refractivity (Wildman–Crippen MR) is 49.9 cm³/mol. The van der Waals surface area contributed by atoms with Gasteiger partial charge in [0.25, 0.3) is 0 Å². The third-order valence-corrected chi connectivity index (χ3v) is 3.23. The van der Waals surface area contributed by atoms with Crippen LogP contribution in [0.2, 0.25) is 0 Å². The first-order valence-electron chi connectivity index (χ1n) is 5.03. The van der Waals surface area contributed by atoms with Crippen LogP contribution < -0.4 is 20.0 Å². The molecule has 0 radical (unpaired) electrons. The van der Waals surface area contributed by atoms with Gasteiger partial charge in [-0.1, -0.05) is 0 Å². The SMILES string of the molecule is C[C@H](NP(=O)([O-])[O-])C(=O)N1CCC[C@H]1C(=O)[O-]. The molecule has 98 valence electrons. The number of carboxylic acids is 1. The van der Waals surface area contributed by atoms with E-state index in [9.17, 15) is 29.0 Å². The number of nitrogens with one attached hydrogen (secondary N) is 1. The summed E-state index contributed by atoms with van der Waals surface area (Å²) in [6.07, 6.45) is 0.775. The first kappa shape index (κ1) is 14.1. The second-order valence-electron chi connectivity index (χ2n) is 3.86. The molecule has 1 N–H and O–H groups in total. The zero-order valence-corrected chi connectivity index (χ0v) is 10.0. The molecule has 0 aromatic heterocycles. The molecule has 0 aromatic rings. The van der Waals surface area contributed by atoms with E-state index >= 15 is 0 Å². The highest BCUT2D eigenvalue weighted by Gasteiger charge is 2.32. The first-order valence-corrected chi connectivity index (χ1v) is 6.58. The Bertz CT molecular complexity index is 367. The lowest BCUT2D eigenvalue weighted by Crippen LogP contribution is -2.52. The molecule has 1 aliphatic heterocycles. The second kappa shape index (κ2) is 5.14. The normalized spacial score (nSPS) is 22.5. The molecule has 0 saturated carbocycles. The van der Waals surface area contributed by atoms with Crippen LogP contribution in [0.1, 0.15) is 19.8 Å². The maximum Gasteiger partial charge on any atom is 0.240 e. The molecule has 2 atom stereocenters. The largest absolute Gasteiger partial charge is 0.799 e. The number of hydrogen-bond acceptors (Lipinski definition) is 6. The van der Waals surface area contributed by atoms with Gasteiger partial charge in [-0.2, -0.15) is 0 Å². The summed E-state index contributed by atoms with van der Waals surface area (Å²) in [5.41, 5.74) is 0. The molecule has 0 bridgehead atoms. The fraction of sp³-hybridized carbons (Fsp3) is 0.750. The molecule has 9 heteroatoms. The van der Waals surface area contributed by atoms with Gasteiger partial charge in [0.15, 0.2) is 0 Å². The maximum absolute atomic E-state index is 11.7. The van der Waals surface area contributed by atoms with E-state index in [2.05, 4.69) is 0 Å². The number of amides is 1. The number of carboxylic acid groups (broad SMARTS) is 1. The van der Waals surface area contributed by atoms with Gasteiger partial charge < -0.3 is 29.2 Å². The molecular formula is C8H12N2O6P-3. The summed E-state index contributed by atoms with van der Waals surface area (Å²) in [5.74, 6) is -2.11. The van der Waals surface area contributed by atoms with Gasteiger partial charge in [-0.05, 0) is 27.5 Å². The molecule has 0 aliphatic carbocycles. The van der Waals surface area contributed by atoms with Crippen molar-refractivity contribution in [1.82, 2.24) is 9.99 Å². The fourth-order valence-corrected chi connectivity index (χ4v) is 2.40. The van der Waals surface area contributed by atoms with Crippen molar-refractivity contribution in [3.8, 4) is 0 Å². The van der Waals surface area contributed by atoms with Gasteiger partial charge in [-0.15, -0.1) is 0 Å². The van der Waals surface area contributed by atoms with E-state index < -0.39 is 31.7 Å². The third kappa shape index (κ3) is 3.78. The molecule has 1 fully saturated rings. The Morgan fingerprint density at radius 1 is 1.47 bits per heavy atom. The van der Waals surface area contributed by atoms with E-state index in [1.165, 1.54) is 6.92 Å². The van der Waals surface area contributed by atoms with Gasteiger partial charge in [0.1, 0.15) is 0 Å². The number of carbonyl (C=O) groups is 2. The Hall–Kier alpha value is -0.950. The van der Waals surface area contributed by atoms with Crippen LogP contribution in [-0.2, 0) is 14.2 Å². The molecule has 8 nitrogen and oxygen atoms in total. The van der Waals surface area contributed by atoms with E-state index in [0.29, 0.717) is 6.42 Å². The number of aliphatic carboxylic acids is 1. The van der Waals surface area contributed by atoms with Crippen LogP contribution >= 0.6 is 7.75 Å². The smallest absolute Gasteiger partial charge is 0.240 e. The number of rotatable bonds is 4. The molecule has 0 unspecified atom stereocenters. The Morgan fingerprint density at radius 3 is 2.53 bits per heavy atom. The van der Waals surface area contributed by atoms with Crippen molar-refractivity contribution in [2.75, 3.05) is 6.54 Å². The number of hydrogen-bond donors (Lipinski definition) is 1. The van der Waals surface area contributed by atoms with Gasteiger partial charge >= 0.3 is 0 Å². The molecule has 0 spiro atoms. The summed E-state index contributed by atoms with van der Waals surface area (Å²) in [6.45, 7) is 1.40. The van der Waals surface area contributed by atoms with E-state index in [1.54, 1.807) is 5.09 Å². The van der Waals surface area contributed by atoms with Crippen molar-refractivity contribution >= 4 is 19.6 Å². The minimum atomic E-state index is -5.02.